The van der Waals surface area contributed by atoms with Gasteiger partial charge in [0.1, 0.15) is 57.4 Å². The molecule has 0 atom stereocenters. The van der Waals surface area contributed by atoms with Crippen molar-refractivity contribution < 1.29 is 63.8 Å². The average Bonchev–Trinajstić information content (AvgIpc) is 1.63. The molecule has 20 rings (SSSR count). The van der Waals surface area contributed by atoms with E-state index in [1.807, 2.05) is 48.5 Å². The van der Waals surface area contributed by atoms with E-state index in [2.05, 4.69) is 122 Å². The molecule has 9 N–H and O–H groups in total. The van der Waals surface area contributed by atoms with Crippen LogP contribution in [0.2, 0.25) is 15.5 Å². The molecule has 4 amide bonds. The van der Waals surface area contributed by atoms with Crippen LogP contribution in [0, 0.1) is 43.9 Å². The highest BCUT2D eigenvalue weighted by molar-refractivity contribution is 6.34. The molecule has 0 bridgehead atoms. The number of hydrogen-bond acceptors (Lipinski definition) is 32. The van der Waals surface area contributed by atoms with Crippen LogP contribution in [0.3, 0.4) is 0 Å². The van der Waals surface area contributed by atoms with Gasteiger partial charge in [-0.1, -0.05) is 59.1 Å². The van der Waals surface area contributed by atoms with E-state index in [1.54, 1.807) is 92.0 Å². The standard InChI is InChI=1S/C30H36F2N8O2.C23H24ClF2N7O2.C22H28F2N8O.C15H14Cl2F2N6O.C7H13N/c1-20-17-23(38-28(35-20)40-15-11-30(31,32)12-16-40)37-27(41)25-26(39-13-9-29(7-8-29)10-14-39)36-24(19-34-25)33-18-21-3-5-22(42-2)6-4-21;1-14-11-17(32-22(29-14)33-9-7-23(25,26)8-10-33)31-21(34)19-20(24)30-18(13-28-19)27-12-15-3-5-16(35-2)6-4-15;1-14-12-16(30-20(27-14)32-10-6-22(23,24)7-11-32)29-19(33)17-18(28-15(25)13-26-17)31-8-4-21(2-3-21)5-9-31;1-8-6-10(23-13(26)11-12(17)22-9(16)7-20-11)24-14(21-8)25-4-2-15(18,19)3-5-25;1-2-7(1)3-5-8-6-4-7/h3-6,17,19H,7-16,18H2,1-2H3,(H,33,36)(H,35,37,38,41);3-6,11,13H,7-10,12H2,1-2H3,(H,27,30)(H,29,31,32,34);12-13H,2-11H2,1H3,(H2,25,28)(H,27,29,30,33);6-7H,2-5H2,1H3,(H,21,23,24,26);8H,1-6H2. The molecule has 10 fully saturated rings. The number of methoxy groups -OCH3 is 2. The van der Waals surface area contributed by atoms with Gasteiger partial charge < -0.3 is 81.8 Å². The summed E-state index contributed by atoms with van der Waals surface area (Å²) in [7, 11) is 3.24. The van der Waals surface area contributed by atoms with Crippen LogP contribution < -0.4 is 81.8 Å². The highest BCUT2D eigenvalue weighted by Crippen LogP contribution is 2.56. The van der Waals surface area contributed by atoms with Gasteiger partial charge in [-0.2, -0.15) is 19.9 Å². The van der Waals surface area contributed by atoms with Gasteiger partial charge in [-0.25, -0.2) is 94.9 Å². The van der Waals surface area contributed by atoms with Crippen molar-refractivity contribution in [2.24, 2.45) is 16.2 Å². The molecule has 15 heterocycles. The van der Waals surface area contributed by atoms with Gasteiger partial charge in [0.15, 0.2) is 44.7 Å². The monoisotopic (exact) mass is 2050 g/mol. The molecule has 2 aromatic carbocycles. The third kappa shape index (κ3) is 28.2. The Bertz CT molecular complexity index is 6200. The zero-order valence-electron chi connectivity index (χ0n) is 80.7. The summed E-state index contributed by atoms with van der Waals surface area (Å²) in [4.78, 5) is 132. The van der Waals surface area contributed by atoms with E-state index in [0.29, 0.717) is 93.5 Å². The fraction of sp³-hybridized carbons (Fsp3) is 0.505. The molecule has 144 heavy (non-hydrogen) atoms. The van der Waals surface area contributed by atoms with Crippen molar-refractivity contribution in [2.75, 3.05) is 173 Å². The Labute approximate surface area is 842 Å². The van der Waals surface area contributed by atoms with E-state index in [1.165, 1.54) is 83.0 Å². The first-order chi connectivity index (χ1) is 68.8. The number of alkyl halides is 8. The second-order valence-electron chi connectivity index (χ2n) is 38.2. The zero-order valence-corrected chi connectivity index (χ0v) is 83.0. The van der Waals surface area contributed by atoms with Gasteiger partial charge in [0, 0.05) is 190 Å². The van der Waals surface area contributed by atoms with Crippen molar-refractivity contribution in [1.29, 1.82) is 0 Å². The minimum Gasteiger partial charge on any atom is -0.497 e. The second-order valence-corrected chi connectivity index (χ2v) is 39.3. The third-order valence-electron chi connectivity index (χ3n) is 27.3. The molecule has 8 aromatic heterocycles. The molecule has 10 aliphatic rings. The number of amides is 4. The number of ether oxygens (including phenoxy) is 2. The first-order valence-corrected chi connectivity index (χ1v) is 49.3. The smallest absolute Gasteiger partial charge is 0.279 e. The van der Waals surface area contributed by atoms with Crippen LogP contribution in [0.1, 0.15) is 204 Å². The van der Waals surface area contributed by atoms with Crippen molar-refractivity contribution in [3.05, 3.63) is 170 Å². The summed E-state index contributed by atoms with van der Waals surface area (Å²) in [5.74, 6) is -6.72. The van der Waals surface area contributed by atoms with Crippen LogP contribution in [-0.4, -0.2) is 233 Å². The summed E-state index contributed by atoms with van der Waals surface area (Å²) in [5.41, 5.74) is 12.4. The Morgan fingerprint density at radius 2 is 0.625 bits per heavy atom. The number of aromatic nitrogens is 16. The number of anilines is 13. The number of carbonyl (C=O) groups excluding carboxylic acids is 4. The summed E-state index contributed by atoms with van der Waals surface area (Å²) in [6, 6.07) is 21.7. The fourth-order valence-corrected chi connectivity index (χ4v) is 18.5. The van der Waals surface area contributed by atoms with Crippen molar-refractivity contribution >= 4 is 135 Å². The predicted molar refractivity (Wildman–Crippen MR) is 533 cm³/mol. The molecule has 36 nitrogen and oxygen atoms in total. The lowest BCUT2D eigenvalue weighted by Gasteiger charge is -2.33. The lowest BCUT2D eigenvalue weighted by Crippen LogP contribution is -2.40. The van der Waals surface area contributed by atoms with E-state index in [4.69, 9.17) is 55.0 Å². The van der Waals surface area contributed by atoms with E-state index in [0.717, 1.165) is 79.9 Å². The van der Waals surface area contributed by atoms with Crippen LogP contribution in [-0.2, 0) is 13.1 Å². The molecule has 10 aromatic rings. The van der Waals surface area contributed by atoms with Gasteiger partial charge in [-0.3, -0.25) is 19.2 Å². The van der Waals surface area contributed by atoms with Crippen LogP contribution >= 0.6 is 34.8 Å². The lowest BCUT2D eigenvalue weighted by atomic mass is 9.93. The highest BCUT2D eigenvalue weighted by atomic mass is 35.5. The van der Waals surface area contributed by atoms with Gasteiger partial charge >= 0.3 is 0 Å². The Hall–Kier alpha value is -13.0. The maximum absolute atomic E-state index is 13.7. The van der Waals surface area contributed by atoms with Crippen LogP contribution in [0.25, 0.3) is 0 Å². The summed E-state index contributed by atoms with van der Waals surface area (Å²) in [6.07, 6.45) is 18.9. The quantitative estimate of drug-likeness (QED) is 0.0292. The summed E-state index contributed by atoms with van der Waals surface area (Å²) in [6.45, 7) is 15.0. The Morgan fingerprint density at radius 1 is 0.340 bits per heavy atom. The van der Waals surface area contributed by atoms with E-state index < -0.39 is 47.3 Å². The van der Waals surface area contributed by atoms with Gasteiger partial charge in [0.05, 0.1) is 39.0 Å². The molecular formula is C97H115Cl3F8N30O6. The molecule has 0 radical (unpaired) electrons. The summed E-state index contributed by atoms with van der Waals surface area (Å²) in [5, 5.41) is 20.5. The van der Waals surface area contributed by atoms with Gasteiger partial charge in [0.25, 0.3) is 47.3 Å². The summed E-state index contributed by atoms with van der Waals surface area (Å²) >= 11 is 17.8. The molecule has 766 valence electrons. The molecule has 0 unspecified atom stereocenters. The van der Waals surface area contributed by atoms with Crippen molar-refractivity contribution in [2.45, 2.75) is 193 Å². The normalized spacial score (nSPS) is 18.8. The third-order valence-corrected chi connectivity index (χ3v) is 28.0. The number of aryl methyl sites for hydroxylation is 4. The Morgan fingerprint density at radius 3 is 0.938 bits per heavy atom. The van der Waals surface area contributed by atoms with Crippen molar-refractivity contribution in [3.63, 3.8) is 0 Å². The number of halogens is 11. The van der Waals surface area contributed by atoms with Crippen molar-refractivity contribution in [1.82, 2.24) is 85.1 Å². The van der Waals surface area contributed by atoms with E-state index >= 15 is 0 Å². The Kier molecular flexibility index (Phi) is 32.3. The maximum Gasteiger partial charge on any atom is 0.279 e. The molecule has 7 aliphatic heterocycles. The number of nitrogens with zero attached hydrogens (tertiary/aromatic N) is 22. The predicted octanol–water partition coefficient (Wildman–Crippen LogP) is 16.9. The number of carbonyl (C=O) groups is 4. The topological polar surface area (TPSA) is 423 Å². The van der Waals surface area contributed by atoms with Gasteiger partial charge in [-0.05, 0) is 169 Å². The largest absolute Gasteiger partial charge is 0.497 e. The van der Waals surface area contributed by atoms with Crippen molar-refractivity contribution in [3.8, 4) is 11.5 Å². The summed E-state index contributed by atoms with van der Waals surface area (Å²) < 4.78 is 118. The first kappa shape index (κ1) is 104. The number of benzene rings is 2. The van der Waals surface area contributed by atoms with Gasteiger partial charge in [0.2, 0.25) is 23.8 Å². The van der Waals surface area contributed by atoms with Crippen LogP contribution in [0.4, 0.5) is 111 Å². The molecule has 3 spiro atoms. The van der Waals surface area contributed by atoms with Crippen LogP contribution in [0.15, 0.2) is 97.6 Å². The average molecular weight is 2060 g/mol. The molecule has 3 aliphatic carbocycles. The number of hydrogen-bond donors (Lipinski definition) is 8. The molecule has 3 saturated carbocycles. The zero-order chi connectivity index (χ0) is 102. The van der Waals surface area contributed by atoms with E-state index in [-0.39, 0.29) is 171 Å². The lowest BCUT2D eigenvalue weighted by molar-refractivity contribution is -0.0229. The van der Waals surface area contributed by atoms with Crippen LogP contribution in [0.5, 0.6) is 11.5 Å². The highest BCUT2D eigenvalue weighted by Gasteiger charge is 2.48. The second kappa shape index (κ2) is 44.7. The first-order valence-electron chi connectivity index (χ1n) is 48.1. The number of nitrogens with one attached hydrogen (secondary N) is 7. The fourth-order valence-electron chi connectivity index (χ4n) is 17.8. The molecular weight excluding hydrogens is 1940 g/mol. The minimum atomic E-state index is -2.68. The van der Waals surface area contributed by atoms with Gasteiger partial charge in [-0.15, -0.1) is 0 Å². The number of nitrogen functional groups attached to an aromatic ring is 1. The molecule has 7 saturated heterocycles. The number of nitrogens with two attached hydrogens (primary N) is 1. The number of rotatable bonds is 22. The SMILES string of the molecule is C1CC2(CCN1)CC2.COc1ccc(CNc2cnc(C(=O)Nc3cc(C)nc(N4CCC(F)(F)CC4)n3)c(Cl)n2)cc1.COc1ccc(CNc2cnc(C(=O)Nc3cc(C)nc(N4CCC(F)(F)CC4)n3)c(N3CCC4(CC3)CC4)n2)cc1.Cc1cc(NC(=O)c2ncc(Cl)nc2Cl)nc(N2CCC(F)(F)CC2)n1.Cc1cc(NC(=O)c2ncc(N)nc2N2CCC3(CC2)CC3)nc(N2CCC(F)(F)CC2)n1. The minimum absolute atomic E-state index is 0.0635. The Balaban J connectivity index is 0.000000135. The maximum atomic E-state index is 13.7. The van der Waals surface area contributed by atoms with E-state index in [9.17, 15) is 54.3 Å². The molecule has 47 heteroatoms. The number of piperidine rings is 7.